The number of nitrogens with zero attached hydrogens (tertiary/aromatic N) is 2. The van der Waals surface area contributed by atoms with Crippen molar-refractivity contribution in [1.29, 1.82) is 0 Å². The Morgan fingerprint density at radius 3 is 2.68 bits per heavy atom. The van der Waals surface area contributed by atoms with Gasteiger partial charge in [-0.2, -0.15) is 5.43 Å². The molecule has 8 heteroatoms. The first-order valence-electron chi connectivity index (χ1n) is 8.97. The predicted octanol–water partition coefficient (Wildman–Crippen LogP) is -1.20. The maximum absolute atomic E-state index is 12.7. The number of hydrogen-bond acceptors (Lipinski definition) is 5. The number of rotatable bonds is 5. The van der Waals surface area contributed by atoms with Crippen LogP contribution in [0.3, 0.4) is 0 Å². The lowest BCUT2D eigenvalue weighted by Gasteiger charge is -2.38. The molecular formula is C17H25N5O3. The molecule has 0 saturated carbocycles. The molecule has 2 aliphatic heterocycles. The van der Waals surface area contributed by atoms with Gasteiger partial charge >= 0.3 is 5.96 Å². The number of hydroxylamine groups is 1. The third-order valence-electron chi connectivity index (χ3n) is 5.33. The van der Waals surface area contributed by atoms with Crippen molar-refractivity contribution in [2.45, 2.75) is 31.8 Å². The number of methoxy groups -OCH3 is 1. The Hall–Kier alpha value is -1.55. The van der Waals surface area contributed by atoms with Gasteiger partial charge < -0.3 is 15.2 Å². The van der Waals surface area contributed by atoms with Crippen molar-refractivity contribution in [3.05, 3.63) is 33.7 Å². The van der Waals surface area contributed by atoms with Crippen LogP contribution in [0.2, 0.25) is 0 Å². The highest BCUT2D eigenvalue weighted by Crippen LogP contribution is 2.28. The lowest BCUT2D eigenvalue weighted by molar-refractivity contribution is -0.851. The molecule has 1 aliphatic carbocycles. The first-order chi connectivity index (χ1) is 12.2. The predicted molar refractivity (Wildman–Crippen MR) is 93.7 cm³/mol. The quantitative estimate of drug-likeness (QED) is 0.460. The first kappa shape index (κ1) is 16.9. The highest BCUT2D eigenvalue weighted by atomic mass is 16.6. The van der Waals surface area contributed by atoms with Crippen molar-refractivity contribution < 1.29 is 15.0 Å². The minimum atomic E-state index is -0.214. The van der Waals surface area contributed by atoms with E-state index in [9.17, 15) is 10.4 Å². The number of nitrogens with one attached hydrogen (secondary N) is 3. The summed E-state index contributed by atoms with van der Waals surface area (Å²) in [4.78, 5) is 6.65. The third-order valence-corrected chi connectivity index (χ3v) is 5.33. The number of hydrogen-bond donors (Lipinski definition) is 3. The molecule has 0 spiro atoms. The second kappa shape index (κ2) is 6.99. The molecule has 136 valence electrons. The number of aryl methyl sites for hydroxylation is 2. The van der Waals surface area contributed by atoms with E-state index >= 15 is 0 Å². The SMILES string of the molecule is COC1CN(CCCN=C2N[NH+]([O-])c3cc4c(cc3[NH+]2[O-])CCC4)C1. The van der Waals surface area contributed by atoms with E-state index in [0.29, 0.717) is 24.0 Å². The number of ether oxygens (including phenoxy) is 1. The number of fused-ring (bicyclic) bond motifs is 2. The topological polar surface area (TPSA) is 91.9 Å². The Bertz CT molecular complexity index is 674. The van der Waals surface area contributed by atoms with Crippen molar-refractivity contribution in [1.82, 2.24) is 10.3 Å². The summed E-state index contributed by atoms with van der Waals surface area (Å²) in [6.45, 7) is 3.39. The normalized spacial score (nSPS) is 27.7. The van der Waals surface area contributed by atoms with Gasteiger partial charge in [0.05, 0.1) is 6.10 Å². The van der Waals surface area contributed by atoms with E-state index in [4.69, 9.17) is 4.74 Å². The van der Waals surface area contributed by atoms with Gasteiger partial charge in [0.15, 0.2) is 0 Å². The standard InChI is InChI=1S/C17H25N5O3/c1-25-14-10-20(11-14)7-3-6-18-17-19-22(24)16-9-13-5-2-4-12(13)8-15(16)21(17)23/h8-9,14,21-22H,2-7,10-11H2,1H3,(H,18,19). The second-order valence-electron chi connectivity index (χ2n) is 7.00. The van der Waals surface area contributed by atoms with Gasteiger partial charge in [-0.25, -0.2) is 10.2 Å². The Labute approximate surface area is 147 Å². The molecule has 1 aromatic rings. The molecule has 1 fully saturated rings. The summed E-state index contributed by atoms with van der Waals surface area (Å²) in [5.74, 6) is 0.189. The molecule has 1 saturated heterocycles. The van der Waals surface area contributed by atoms with E-state index in [1.807, 2.05) is 12.1 Å². The lowest BCUT2D eigenvalue weighted by atomic mass is 10.1. The van der Waals surface area contributed by atoms with Crippen LogP contribution in [0.15, 0.2) is 17.1 Å². The van der Waals surface area contributed by atoms with Crippen LogP contribution < -0.4 is 15.7 Å². The second-order valence-corrected chi connectivity index (χ2v) is 7.00. The molecule has 2 heterocycles. The number of likely N-dealkylation sites (tertiary alicyclic amines) is 1. The zero-order chi connectivity index (χ0) is 17.4. The molecule has 3 N–H and O–H groups in total. The molecule has 0 aromatic heterocycles. The number of aliphatic imine (C=N–C) groups is 1. The van der Waals surface area contributed by atoms with Gasteiger partial charge in [0.2, 0.25) is 11.4 Å². The van der Waals surface area contributed by atoms with Crippen molar-refractivity contribution in [3.63, 3.8) is 0 Å². The van der Waals surface area contributed by atoms with Crippen LogP contribution in [-0.2, 0) is 17.6 Å². The fourth-order valence-corrected chi connectivity index (χ4v) is 3.81. The van der Waals surface area contributed by atoms with Crippen LogP contribution in [0.5, 0.6) is 0 Å². The molecule has 2 unspecified atom stereocenters. The van der Waals surface area contributed by atoms with Crippen molar-refractivity contribution in [2.75, 3.05) is 33.3 Å². The Morgan fingerprint density at radius 1 is 1.24 bits per heavy atom. The minimum Gasteiger partial charge on any atom is -0.621 e. The molecule has 8 nitrogen and oxygen atoms in total. The summed E-state index contributed by atoms with van der Waals surface area (Å²) < 4.78 is 5.25. The summed E-state index contributed by atoms with van der Waals surface area (Å²) in [7, 11) is 1.73. The average molecular weight is 347 g/mol. The summed E-state index contributed by atoms with van der Waals surface area (Å²) in [5.41, 5.74) is 6.08. The van der Waals surface area contributed by atoms with Crippen LogP contribution in [0.25, 0.3) is 0 Å². The van der Waals surface area contributed by atoms with Gasteiger partial charge in [-0.05, 0) is 36.8 Å². The highest BCUT2D eigenvalue weighted by molar-refractivity contribution is 5.76. The molecule has 0 amide bonds. The monoisotopic (exact) mass is 347 g/mol. The van der Waals surface area contributed by atoms with E-state index in [2.05, 4.69) is 15.3 Å². The van der Waals surface area contributed by atoms with Crippen molar-refractivity contribution >= 4 is 17.3 Å². The molecule has 2 atom stereocenters. The van der Waals surface area contributed by atoms with Crippen LogP contribution in [-0.4, -0.2) is 50.3 Å². The van der Waals surface area contributed by atoms with Crippen LogP contribution in [0, 0.1) is 10.4 Å². The maximum atomic E-state index is 12.7. The summed E-state index contributed by atoms with van der Waals surface area (Å²) in [6.07, 6.45) is 4.28. The number of benzene rings is 1. The third kappa shape index (κ3) is 3.29. The zero-order valence-electron chi connectivity index (χ0n) is 14.5. The van der Waals surface area contributed by atoms with Crippen LogP contribution in [0.1, 0.15) is 24.0 Å². The molecule has 0 bridgehead atoms. The largest absolute Gasteiger partial charge is 0.621 e. The maximum Gasteiger partial charge on any atom is 0.347 e. The Morgan fingerprint density at radius 2 is 1.96 bits per heavy atom. The number of guanidine groups is 1. The van der Waals surface area contributed by atoms with Crippen molar-refractivity contribution in [3.8, 4) is 0 Å². The molecule has 4 rings (SSSR count). The van der Waals surface area contributed by atoms with E-state index in [-0.39, 0.29) is 16.2 Å². The Balaban J connectivity index is 1.38. The fraction of sp³-hybridized carbons (Fsp3) is 0.588. The molecular weight excluding hydrogens is 322 g/mol. The van der Waals surface area contributed by atoms with Gasteiger partial charge in [-0.1, -0.05) is 0 Å². The zero-order valence-corrected chi connectivity index (χ0v) is 14.5. The smallest absolute Gasteiger partial charge is 0.347 e. The fourth-order valence-electron chi connectivity index (χ4n) is 3.81. The number of quaternary nitrogens is 2. The highest BCUT2D eigenvalue weighted by Gasteiger charge is 2.31. The van der Waals surface area contributed by atoms with Crippen LogP contribution in [0.4, 0.5) is 11.4 Å². The van der Waals surface area contributed by atoms with Crippen molar-refractivity contribution in [2.24, 2.45) is 4.99 Å². The van der Waals surface area contributed by atoms with E-state index in [1.54, 1.807) is 7.11 Å². The van der Waals surface area contributed by atoms with Crippen LogP contribution >= 0.6 is 0 Å². The van der Waals surface area contributed by atoms with Gasteiger partial charge in [-0.3, -0.25) is 9.96 Å². The lowest BCUT2D eigenvalue weighted by Crippen LogP contribution is -3.24. The van der Waals surface area contributed by atoms with Gasteiger partial charge in [0.1, 0.15) is 0 Å². The van der Waals surface area contributed by atoms with Gasteiger partial charge in [-0.15, -0.1) is 0 Å². The first-order valence-corrected chi connectivity index (χ1v) is 8.97. The molecule has 0 radical (unpaired) electrons. The Kier molecular flexibility index (Phi) is 4.72. The van der Waals surface area contributed by atoms with E-state index in [0.717, 1.165) is 45.3 Å². The molecule has 3 aliphatic rings. The minimum absolute atomic E-state index is 0.160. The van der Waals surface area contributed by atoms with Gasteiger partial charge in [0, 0.05) is 45.4 Å². The summed E-state index contributed by atoms with van der Waals surface area (Å²) in [5, 5.41) is 24.6. The average Bonchev–Trinajstić information content (AvgIpc) is 3.03. The molecule has 1 aromatic carbocycles. The van der Waals surface area contributed by atoms with Gasteiger partial charge in [0.25, 0.3) is 0 Å². The van der Waals surface area contributed by atoms with E-state index in [1.165, 1.54) is 11.1 Å². The summed E-state index contributed by atoms with van der Waals surface area (Å²) >= 11 is 0. The summed E-state index contributed by atoms with van der Waals surface area (Å²) in [6, 6.07) is 3.79. The van der Waals surface area contributed by atoms with E-state index < -0.39 is 0 Å². The molecule has 25 heavy (non-hydrogen) atoms.